The van der Waals surface area contributed by atoms with Crippen molar-refractivity contribution in [3.05, 3.63) is 100 Å². The van der Waals surface area contributed by atoms with Crippen LogP contribution in [0.15, 0.2) is 83.7 Å². The molecular formula is C28H25N3O4. The maximum atomic E-state index is 13.5. The van der Waals surface area contributed by atoms with Crippen molar-refractivity contribution in [3.63, 3.8) is 0 Å². The molecule has 0 bridgehead atoms. The van der Waals surface area contributed by atoms with E-state index in [4.69, 9.17) is 9.47 Å². The van der Waals surface area contributed by atoms with Crippen LogP contribution in [0.25, 0.3) is 16.8 Å². The molecule has 0 unspecified atom stereocenters. The number of nitrogens with zero attached hydrogens (tertiary/aromatic N) is 3. The molecule has 1 aromatic heterocycles. The summed E-state index contributed by atoms with van der Waals surface area (Å²) in [5.41, 5.74) is 2.09. The van der Waals surface area contributed by atoms with Gasteiger partial charge < -0.3 is 14.4 Å². The quantitative estimate of drug-likeness (QED) is 0.425. The van der Waals surface area contributed by atoms with Crippen LogP contribution in [0.3, 0.4) is 0 Å². The van der Waals surface area contributed by atoms with Crippen molar-refractivity contribution in [2.75, 3.05) is 24.7 Å². The summed E-state index contributed by atoms with van der Waals surface area (Å²) in [6.45, 7) is 2.91. The minimum atomic E-state index is -0.290. The Labute approximate surface area is 202 Å². The number of carbonyl (C=O) groups excluding carboxylic acids is 1. The number of hydrogen-bond donors (Lipinski definition) is 0. The number of aryl methyl sites for hydroxylation is 1. The van der Waals surface area contributed by atoms with Gasteiger partial charge in [-0.3, -0.25) is 9.59 Å². The van der Waals surface area contributed by atoms with E-state index >= 15 is 0 Å². The molecule has 7 nitrogen and oxygen atoms in total. The van der Waals surface area contributed by atoms with Gasteiger partial charge in [0.25, 0.3) is 5.56 Å². The number of aromatic nitrogens is 2. The summed E-state index contributed by atoms with van der Waals surface area (Å²) >= 11 is 0. The van der Waals surface area contributed by atoms with E-state index in [1.807, 2.05) is 73.7 Å². The van der Waals surface area contributed by atoms with Crippen molar-refractivity contribution in [1.29, 1.82) is 0 Å². The van der Waals surface area contributed by atoms with Gasteiger partial charge in [-0.2, -0.15) is 5.10 Å². The lowest BCUT2D eigenvalue weighted by Gasteiger charge is -2.25. The van der Waals surface area contributed by atoms with Gasteiger partial charge in [0.1, 0.15) is 19.8 Å². The molecule has 176 valence electrons. The number of amides is 1. The van der Waals surface area contributed by atoms with E-state index in [1.165, 1.54) is 4.68 Å². The average Bonchev–Trinajstić information content (AvgIpc) is 2.90. The Morgan fingerprint density at radius 2 is 1.69 bits per heavy atom. The summed E-state index contributed by atoms with van der Waals surface area (Å²) in [6.07, 6.45) is 3.88. The highest BCUT2D eigenvalue weighted by molar-refractivity contribution is 5.94. The second-order valence-electron chi connectivity index (χ2n) is 8.24. The topological polar surface area (TPSA) is 73.7 Å². The first-order valence-electron chi connectivity index (χ1n) is 11.5. The maximum Gasteiger partial charge on any atom is 0.275 e. The SMILES string of the molecule is Cc1nn(CC(=O)N(C/C=C/c2ccccc2)c2ccc3c(c2)OCCO3)c(=O)c2ccccc12. The molecule has 0 radical (unpaired) electrons. The molecule has 0 atom stereocenters. The molecule has 7 heteroatoms. The van der Waals surface area contributed by atoms with E-state index < -0.39 is 0 Å². The predicted molar refractivity (Wildman–Crippen MR) is 136 cm³/mol. The Morgan fingerprint density at radius 1 is 0.971 bits per heavy atom. The summed E-state index contributed by atoms with van der Waals surface area (Å²) in [5.74, 6) is 0.981. The van der Waals surface area contributed by atoms with Gasteiger partial charge in [0.05, 0.1) is 11.1 Å². The lowest BCUT2D eigenvalue weighted by Crippen LogP contribution is -2.38. The molecule has 0 aliphatic carbocycles. The third-order valence-electron chi connectivity index (χ3n) is 5.87. The van der Waals surface area contributed by atoms with Crippen LogP contribution in [0.2, 0.25) is 0 Å². The summed E-state index contributed by atoms with van der Waals surface area (Å²) in [5, 5.41) is 5.74. The molecule has 1 amide bonds. The van der Waals surface area contributed by atoms with Crippen molar-refractivity contribution >= 4 is 28.4 Å². The highest BCUT2D eigenvalue weighted by Gasteiger charge is 2.20. The van der Waals surface area contributed by atoms with Crippen LogP contribution in [0.1, 0.15) is 11.3 Å². The lowest BCUT2D eigenvalue weighted by molar-refractivity contribution is -0.119. The number of fused-ring (bicyclic) bond motifs is 2. The third-order valence-corrected chi connectivity index (χ3v) is 5.87. The van der Waals surface area contributed by atoms with Crippen LogP contribution < -0.4 is 19.9 Å². The Balaban J connectivity index is 1.47. The van der Waals surface area contributed by atoms with Crippen molar-refractivity contribution in [3.8, 4) is 11.5 Å². The molecule has 0 saturated carbocycles. The minimum Gasteiger partial charge on any atom is -0.486 e. The van der Waals surface area contributed by atoms with Crippen LogP contribution >= 0.6 is 0 Å². The van der Waals surface area contributed by atoms with E-state index in [-0.39, 0.29) is 18.0 Å². The number of anilines is 1. The van der Waals surface area contributed by atoms with Gasteiger partial charge >= 0.3 is 0 Å². The minimum absolute atomic E-state index is 0.182. The Kier molecular flexibility index (Phi) is 6.30. The molecular weight excluding hydrogens is 442 g/mol. The van der Waals surface area contributed by atoms with Crippen molar-refractivity contribution in [2.24, 2.45) is 0 Å². The van der Waals surface area contributed by atoms with Gasteiger partial charge in [-0.15, -0.1) is 0 Å². The Hall–Kier alpha value is -4.39. The van der Waals surface area contributed by atoms with Crippen molar-refractivity contribution in [1.82, 2.24) is 9.78 Å². The van der Waals surface area contributed by atoms with Crippen molar-refractivity contribution < 1.29 is 14.3 Å². The molecule has 0 saturated heterocycles. The van der Waals surface area contributed by atoms with E-state index in [2.05, 4.69) is 5.10 Å². The molecule has 0 N–H and O–H groups in total. The molecule has 35 heavy (non-hydrogen) atoms. The summed E-state index contributed by atoms with van der Waals surface area (Å²) in [4.78, 5) is 28.2. The maximum absolute atomic E-state index is 13.5. The van der Waals surface area contributed by atoms with Gasteiger partial charge in [0.2, 0.25) is 5.91 Å². The number of hydrogen-bond acceptors (Lipinski definition) is 5. The zero-order chi connectivity index (χ0) is 24.2. The van der Waals surface area contributed by atoms with Crippen LogP contribution in [0.5, 0.6) is 11.5 Å². The molecule has 1 aliphatic heterocycles. The van der Waals surface area contributed by atoms with E-state index in [9.17, 15) is 9.59 Å². The first-order valence-corrected chi connectivity index (χ1v) is 11.5. The smallest absolute Gasteiger partial charge is 0.275 e. The third kappa shape index (κ3) is 4.80. The molecule has 5 rings (SSSR count). The fraction of sp³-hybridized carbons (Fsp3) is 0.179. The van der Waals surface area contributed by atoms with Gasteiger partial charge in [-0.05, 0) is 30.7 Å². The summed E-state index contributed by atoms with van der Waals surface area (Å²) in [7, 11) is 0. The number of carbonyl (C=O) groups is 1. The second kappa shape index (κ2) is 9.85. The first kappa shape index (κ1) is 22.4. The highest BCUT2D eigenvalue weighted by Crippen LogP contribution is 2.34. The second-order valence-corrected chi connectivity index (χ2v) is 8.24. The summed E-state index contributed by atoms with van der Waals surface area (Å²) in [6, 6.07) is 22.6. The van der Waals surface area contributed by atoms with E-state index in [0.29, 0.717) is 48.0 Å². The zero-order valence-electron chi connectivity index (χ0n) is 19.4. The standard InChI is InChI=1S/C28H25N3O4/c1-20-23-11-5-6-12-24(23)28(33)31(29-20)19-27(32)30(15-7-10-21-8-3-2-4-9-21)22-13-14-25-26(18-22)35-17-16-34-25/h2-14,18H,15-17,19H2,1H3/b10-7+. The predicted octanol–water partition coefficient (Wildman–Crippen LogP) is 4.22. The number of benzene rings is 3. The fourth-order valence-electron chi connectivity index (χ4n) is 4.13. The van der Waals surface area contributed by atoms with E-state index in [0.717, 1.165) is 10.9 Å². The molecule has 0 fully saturated rings. The fourth-order valence-corrected chi connectivity index (χ4v) is 4.13. The number of ether oxygens (including phenoxy) is 2. The van der Waals surface area contributed by atoms with Crippen LogP contribution in [0, 0.1) is 6.92 Å². The van der Waals surface area contributed by atoms with Crippen molar-refractivity contribution in [2.45, 2.75) is 13.5 Å². The van der Waals surface area contributed by atoms with Gasteiger partial charge in [0.15, 0.2) is 11.5 Å². The van der Waals surface area contributed by atoms with Gasteiger partial charge in [0, 0.05) is 23.7 Å². The van der Waals surface area contributed by atoms with Gasteiger partial charge in [-0.25, -0.2) is 4.68 Å². The number of rotatable bonds is 6. The van der Waals surface area contributed by atoms with Crippen LogP contribution in [0.4, 0.5) is 5.69 Å². The Morgan fingerprint density at radius 3 is 2.49 bits per heavy atom. The molecule has 2 heterocycles. The molecule has 0 spiro atoms. The molecule has 4 aromatic rings. The van der Waals surface area contributed by atoms with Gasteiger partial charge in [-0.1, -0.05) is 60.7 Å². The Bertz CT molecular complexity index is 1460. The zero-order valence-corrected chi connectivity index (χ0v) is 19.4. The first-order chi connectivity index (χ1) is 17.1. The molecule has 3 aromatic carbocycles. The summed E-state index contributed by atoms with van der Waals surface area (Å²) < 4.78 is 12.6. The monoisotopic (exact) mass is 467 g/mol. The lowest BCUT2D eigenvalue weighted by atomic mass is 10.1. The average molecular weight is 468 g/mol. The van der Waals surface area contributed by atoms with Crippen LogP contribution in [-0.2, 0) is 11.3 Å². The van der Waals surface area contributed by atoms with E-state index in [1.54, 1.807) is 23.1 Å². The normalized spacial score (nSPS) is 12.7. The largest absolute Gasteiger partial charge is 0.486 e. The molecule has 1 aliphatic rings. The van der Waals surface area contributed by atoms with Crippen LogP contribution in [-0.4, -0.2) is 35.4 Å². The highest BCUT2D eigenvalue weighted by atomic mass is 16.6.